The highest BCUT2D eigenvalue weighted by Crippen LogP contribution is 2.46. The van der Waals surface area contributed by atoms with Gasteiger partial charge in [-0.3, -0.25) is 0 Å². The minimum Gasteiger partial charge on any atom is -0.310 e. The zero-order valence-corrected chi connectivity index (χ0v) is 52.0. The van der Waals surface area contributed by atoms with Crippen LogP contribution >= 0.6 is 0 Å². The summed E-state index contributed by atoms with van der Waals surface area (Å²) in [5.41, 5.74) is 20.5. The lowest BCUT2D eigenvalue weighted by Crippen LogP contribution is -2.13. The summed E-state index contributed by atoms with van der Waals surface area (Å²) >= 11 is 0. The van der Waals surface area contributed by atoms with Crippen molar-refractivity contribution in [2.24, 2.45) is 0 Å². The summed E-state index contributed by atoms with van der Waals surface area (Å²) in [6, 6.07) is 137. The fourth-order valence-electron chi connectivity index (χ4n) is 13.6. The van der Waals surface area contributed by atoms with E-state index in [0.717, 1.165) is 92.2 Å². The van der Waals surface area contributed by atoms with E-state index in [1.165, 1.54) is 65.3 Å². The highest BCUT2D eigenvalue weighted by molar-refractivity contribution is 6.03. The maximum absolute atomic E-state index is 2.40. The highest BCUT2D eigenvalue weighted by Gasteiger charge is 2.22. The van der Waals surface area contributed by atoms with Crippen LogP contribution in [-0.2, 0) is 12.8 Å². The van der Waals surface area contributed by atoms with Crippen molar-refractivity contribution in [3.05, 3.63) is 398 Å². The summed E-state index contributed by atoms with van der Waals surface area (Å²) in [6.45, 7) is 0. The van der Waals surface area contributed by atoms with Gasteiger partial charge in [0.05, 0.1) is 22.7 Å². The third-order valence-electron chi connectivity index (χ3n) is 18.2. The second kappa shape index (κ2) is 25.6. The molecule has 0 aromatic heterocycles. The van der Waals surface area contributed by atoms with Gasteiger partial charge in [0.1, 0.15) is 0 Å². The summed E-state index contributed by atoms with van der Waals surface area (Å²) in [5.74, 6) is 0. The van der Waals surface area contributed by atoms with Crippen LogP contribution in [-0.4, -0.2) is 0 Å². The molecule has 0 unspecified atom stereocenters. The molecule has 0 spiro atoms. The first-order valence-electron chi connectivity index (χ1n) is 32.4. The number of fused-ring (bicyclic) bond motifs is 4. The smallest absolute Gasteiger partial charge is 0.0540 e. The Morgan fingerprint density at radius 2 is 0.340 bits per heavy atom. The SMILES string of the molecule is c1ccc(Cc2ccc(N(c3ccc(N(c4ccc(-c5ccc(N(c6ccc(N(c7ccc(Cc8ccccc8)cc7)c7cccc8ccccc78)cc6)c6cccc7ccccc67)cc5)cc4)c4cccc5ccccc45)cc3)c3cccc4ccccc34)cc2)cc1. The van der Waals surface area contributed by atoms with Gasteiger partial charge >= 0.3 is 0 Å². The maximum Gasteiger partial charge on any atom is 0.0540 e. The number of nitrogens with zero attached hydrogens (tertiary/aromatic N) is 4. The second-order valence-corrected chi connectivity index (χ2v) is 24.1. The van der Waals surface area contributed by atoms with E-state index in [4.69, 9.17) is 0 Å². The van der Waals surface area contributed by atoms with Gasteiger partial charge in [0.15, 0.2) is 0 Å². The largest absolute Gasteiger partial charge is 0.310 e. The van der Waals surface area contributed by atoms with Crippen molar-refractivity contribution in [1.29, 1.82) is 0 Å². The average molecular weight is 1200 g/mol. The summed E-state index contributed by atoms with van der Waals surface area (Å²) in [5, 5.41) is 9.52. The Morgan fingerprint density at radius 3 is 0.596 bits per heavy atom. The van der Waals surface area contributed by atoms with Crippen molar-refractivity contribution in [3.8, 4) is 11.1 Å². The van der Waals surface area contributed by atoms with E-state index < -0.39 is 0 Å². The van der Waals surface area contributed by atoms with E-state index in [1.807, 2.05) is 0 Å². The third-order valence-corrected chi connectivity index (χ3v) is 18.2. The van der Waals surface area contributed by atoms with Crippen LogP contribution in [0.25, 0.3) is 54.2 Å². The molecule has 0 N–H and O–H groups in total. The van der Waals surface area contributed by atoms with Crippen molar-refractivity contribution < 1.29 is 0 Å². The molecule has 0 aliphatic carbocycles. The van der Waals surface area contributed by atoms with Crippen LogP contribution in [0.3, 0.4) is 0 Å². The van der Waals surface area contributed by atoms with Gasteiger partial charge in [-0.25, -0.2) is 0 Å². The van der Waals surface area contributed by atoms with E-state index in [0.29, 0.717) is 0 Å². The number of rotatable bonds is 17. The summed E-state index contributed by atoms with van der Waals surface area (Å²) in [6.07, 6.45) is 1.76. The molecule has 4 heteroatoms. The second-order valence-electron chi connectivity index (χ2n) is 24.1. The minimum absolute atomic E-state index is 0.879. The monoisotopic (exact) mass is 1200 g/mol. The molecule has 0 fully saturated rings. The van der Waals surface area contributed by atoms with E-state index >= 15 is 0 Å². The van der Waals surface area contributed by atoms with Gasteiger partial charge in [-0.05, 0) is 189 Å². The van der Waals surface area contributed by atoms with Gasteiger partial charge < -0.3 is 19.6 Å². The molecule has 0 atom stereocenters. The van der Waals surface area contributed by atoms with Crippen LogP contribution in [0, 0.1) is 0 Å². The Hall–Kier alpha value is -12.2. The van der Waals surface area contributed by atoms with E-state index in [-0.39, 0.29) is 0 Å². The van der Waals surface area contributed by atoms with Crippen molar-refractivity contribution in [3.63, 3.8) is 0 Å². The molecule has 4 nitrogen and oxygen atoms in total. The number of benzene rings is 16. The Labute approximate surface area is 550 Å². The van der Waals surface area contributed by atoms with Crippen LogP contribution in [0.2, 0.25) is 0 Å². The van der Waals surface area contributed by atoms with Crippen LogP contribution in [0.1, 0.15) is 22.3 Å². The summed E-state index contributed by atoms with van der Waals surface area (Å²) in [4.78, 5) is 9.59. The highest BCUT2D eigenvalue weighted by atomic mass is 15.2. The van der Waals surface area contributed by atoms with Crippen molar-refractivity contribution in [2.75, 3.05) is 19.6 Å². The fourth-order valence-corrected chi connectivity index (χ4v) is 13.6. The van der Waals surface area contributed by atoms with Crippen molar-refractivity contribution in [1.82, 2.24) is 0 Å². The predicted octanol–water partition coefficient (Wildman–Crippen LogP) is 25.0. The van der Waals surface area contributed by atoms with Gasteiger partial charge in [0, 0.05) is 67.0 Å². The Kier molecular flexibility index (Phi) is 15.5. The number of anilines is 12. The Balaban J connectivity index is 0.733. The molecule has 94 heavy (non-hydrogen) atoms. The molecule has 0 aliphatic heterocycles. The zero-order chi connectivity index (χ0) is 62.6. The molecular weight excluding hydrogens is 1140 g/mol. The number of hydrogen-bond acceptors (Lipinski definition) is 4. The van der Waals surface area contributed by atoms with E-state index in [2.05, 4.69) is 396 Å². The molecule has 0 heterocycles. The summed E-state index contributed by atoms with van der Waals surface area (Å²) < 4.78 is 0. The lowest BCUT2D eigenvalue weighted by Gasteiger charge is -2.30. The van der Waals surface area contributed by atoms with Gasteiger partial charge in [0.2, 0.25) is 0 Å². The van der Waals surface area contributed by atoms with Crippen LogP contribution in [0.4, 0.5) is 68.2 Å². The Bertz CT molecular complexity index is 4930. The normalized spacial score (nSPS) is 11.3. The van der Waals surface area contributed by atoms with Crippen LogP contribution in [0.5, 0.6) is 0 Å². The summed E-state index contributed by atoms with van der Waals surface area (Å²) in [7, 11) is 0. The molecule has 16 aromatic rings. The average Bonchev–Trinajstić information content (AvgIpc) is 0.814. The Morgan fingerprint density at radius 1 is 0.149 bits per heavy atom. The first kappa shape index (κ1) is 57.0. The maximum atomic E-state index is 2.40. The zero-order valence-electron chi connectivity index (χ0n) is 52.0. The lowest BCUT2D eigenvalue weighted by atomic mass is 10.0. The molecule has 446 valence electrons. The predicted molar refractivity (Wildman–Crippen MR) is 399 cm³/mol. The lowest BCUT2D eigenvalue weighted by molar-refractivity contribution is 1.18. The molecule has 0 saturated heterocycles. The molecule has 16 rings (SSSR count). The number of hydrogen-bond donors (Lipinski definition) is 0. The molecule has 0 bridgehead atoms. The molecule has 0 amide bonds. The van der Waals surface area contributed by atoms with Gasteiger partial charge in [-0.1, -0.05) is 255 Å². The molecule has 16 aromatic carbocycles. The van der Waals surface area contributed by atoms with Gasteiger partial charge in [-0.2, -0.15) is 0 Å². The van der Waals surface area contributed by atoms with Crippen molar-refractivity contribution in [2.45, 2.75) is 12.8 Å². The van der Waals surface area contributed by atoms with Gasteiger partial charge in [-0.15, -0.1) is 0 Å². The standard InChI is InChI=1S/C90H66N4/c1-3-19-65(20-4-1)63-67-39-47-75(48-40-67)91(87-35-15-27-71-23-7-11-31-83(71)87)79-55-59-81(60-56-79)93(89-37-17-29-73-25-9-13-33-85(73)89)77-51-43-69(44-52-77)70-45-53-78(54-46-70)94(90-38-18-30-74-26-10-14-34-86(74)90)82-61-57-80(58-62-82)92(88-36-16-28-72-24-8-12-32-84(72)88)76-49-41-68(42-50-76)64-66-21-5-2-6-22-66/h1-62H,63-64H2. The first-order valence-corrected chi connectivity index (χ1v) is 32.4. The van der Waals surface area contributed by atoms with E-state index in [9.17, 15) is 0 Å². The topological polar surface area (TPSA) is 13.0 Å². The fraction of sp³-hybridized carbons (Fsp3) is 0.0222. The third kappa shape index (κ3) is 11.5. The van der Waals surface area contributed by atoms with Crippen LogP contribution < -0.4 is 19.6 Å². The first-order chi connectivity index (χ1) is 46.6. The molecule has 0 radical (unpaired) electrons. The molecule has 0 aliphatic rings. The molecular formula is C90H66N4. The van der Waals surface area contributed by atoms with Crippen LogP contribution in [0.15, 0.2) is 376 Å². The molecule has 0 saturated carbocycles. The van der Waals surface area contributed by atoms with Gasteiger partial charge in [0.25, 0.3) is 0 Å². The quantitative estimate of drug-likeness (QED) is 0.0901. The van der Waals surface area contributed by atoms with E-state index in [1.54, 1.807) is 0 Å². The van der Waals surface area contributed by atoms with Crippen molar-refractivity contribution >= 4 is 111 Å². The minimum atomic E-state index is 0.879.